The number of likely N-dealkylation sites (tertiary alicyclic amines) is 1. The topological polar surface area (TPSA) is 102 Å². The number of carbonyl (C=O) groups is 2. The first-order valence-corrected chi connectivity index (χ1v) is 10.8. The van der Waals surface area contributed by atoms with Gasteiger partial charge >= 0.3 is 6.09 Å². The second-order valence-electron chi connectivity index (χ2n) is 7.25. The molecule has 1 amide bonds. The molecule has 3 heterocycles. The van der Waals surface area contributed by atoms with Gasteiger partial charge < -0.3 is 19.5 Å². The Labute approximate surface area is 187 Å². The molecule has 166 valence electrons. The third kappa shape index (κ3) is 4.70. The van der Waals surface area contributed by atoms with Crippen LogP contribution in [0.4, 0.5) is 9.18 Å². The zero-order chi connectivity index (χ0) is 22.7. The molecule has 1 N–H and O–H groups in total. The molecule has 0 atom stereocenters. The van der Waals surface area contributed by atoms with Crippen LogP contribution in [-0.4, -0.2) is 51.0 Å². The van der Waals surface area contributed by atoms with Crippen molar-refractivity contribution in [3.05, 3.63) is 63.9 Å². The zero-order valence-electron chi connectivity index (χ0n) is 17.2. The number of ether oxygens (including phenoxy) is 2. The van der Waals surface area contributed by atoms with E-state index in [4.69, 9.17) is 14.6 Å². The maximum atomic E-state index is 14.6. The van der Waals surface area contributed by atoms with Gasteiger partial charge in [-0.15, -0.1) is 11.3 Å². The predicted molar refractivity (Wildman–Crippen MR) is 114 cm³/mol. The van der Waals surface area contributed by atoms with Crippen LogP contribution in [0.25, 0.3) is 0 Å². The van der Waals surface area contributed by atoms with Crippen LogP contribution < -0.4 is 9.47 Å². The van der Waals surface area contributed by atoms with Crippen LogP contribution in [0.15, 0.2) is 42.0 Å². The minimum absolute atomic E-state index is 0.0738. The fourth-order valence-corrected chi connectivity index (χ4v) is 4.03. The van der Waals surface area contributed by atoms with Crippen LogP contribution in [0.5, 0.6) is 17.5 Å². The summed E-state index contributed by atoms with van der Waals surface area (Å²) < 4.78 is 26.2. The van der Waals surface area contributed by atoms with E-state index in [1.165, 1.54) is 34.7 Å². The van der Waals surface area contributed by atoms with E-state index in [0.29, 0.717) is 42.3 Å². The summed E-state index contributed by atoms with van der Waals surface area (Å²) >= 11 is 1.29. The Balaban J connectivity index is 1.46. The molecule has 0 bridgehead atoms. The van der Waals surface area contributed by atoms with Crippen molar-refractivity contribution in [1.82, 2.24) is 14.9 Å². The zero-order valence-corrected chi connectivity index (χ0v) is 18.0. The van der Waals surface area contributed by atoms with Gasteiger partial charge in [-0.1, -0.05) is 6.07 Å². The summed E-state index contributed by atoms with van der Waals surface area (Å²) in [6.07, 6.45) is 1.21. The Kier molecular flexibility index (Phi) is 6.31. The van der Waals surface area contributed by atoms with Crippen LogP contribution in [0.1, 0.15) is 33.6 Å². The predicted octanol–water partition coefficient (Wildman–Crippen LogP) is 4.53. The molecule has 32 heavy (non-hydrogen) atoms. The molecule has 0 spiro atoms. The standard InChI is InChI=1S/C22H20FN3O5S/c1-13-20(30-15-6-8-26(9-7-15)22(28)29)24-12-25-21(13)31-17-5-4-14(11-16(17)23)19(27)18-3-2-10-32-18/h2-5,10-12,15H,6-9H2,1H3,(H,28,29). The van der Waals surface area contributed by atoms with Crippen molar-refractivity contribution >= 4 is 23.2 Å². The van der Waals surface area contributed by atoms with Gasteiger partial charge in [-0.25, -0.2) is 19.2 Å². The Morgan fingerprint density at radius 2 is 1.94 bits per heavy atom. The molecule has 1 saturated heterocycles. The summed E-state index contributed by atoms with van der Waals surface area (Å²) in [5, 5.41) is 10.8. The summed E-state index contributed by atoms with van der Waals surface area (Å²) in [6.45, 7) is 2.47. The van der Waals surface area contributed by atoms with E-state index in [-0.39, 0.29) is 29.1 Å². The number of aromatic nitrogens is 2. The highest BCUT2D eigenvalue weighted by molar-refractivity contribution is 7.12. The normalized spacial score (nSPS) is 14.2. The molecule has 0 unspecified atom stereocenters. The SMILES string of the molecule is Cc1c(Oc2ccc(C(=O)c3cccs3)cc2F)ncnc1OC1CCN(C(=O)O)CC1. The number of rotatable bonds is 6. The number of carbonyl (C=O) groups excluding carboxylic acids is 1. The molecule has 1 fully saturated rings. The largest absolute Gasteiger partial charge is 0.474 e. The molecule has 0 aliphatic carbocycles. The summed E-state index contributed by atoms with van der Waals surface area (Å²) in [4.78, 5) is 33.5. The van der Waals surface area contributed by atoms with Gasteiger partial charge in [0.1, 0.15) is 12.4 Å². The van der Waals surface area contributed by atoms with E-state index in [0.717, 1.165) is 6.07 Å². The number of carboxylic acid groups (broad SMARTS) is 1. The number of thiophene rings is 1. The van der Waals surface area contributed by atoms with E-state index < -0.39 is 11.9 Å². The third-order valence-corrected chi connectivity index (χ3v) is 6.00. The Hall–Kier alpha value is -3.53. The van der Waals surface area contributed by atoms with Crippen LogP contribution in [-0.2, 0) is 0 Å². The Bertz CT molecular complexity index is 1130. The number of benzene rings is 1. The molecular formula is C22H20FN3O5S. The van der Waals surface area contributed by atoms with Crippen molar-refractivity contribution in [2.45, 2.75) is 25.9 Å². The average Bonchev–Trinajstić information content (AvgIpc) is 3.32. The lowest BCUT2D eigenvalue weighted by Gasteiger charge is -2.30. The minimum Gasteiger partial charge on any atom is -0.474 e. The average molecular weight is 457 g/mol. The van der Waals surface area contributed by atoms with Crippen molar-refractivity contribution < 1.29 is 28.6 Å². The maximum Gasteiger partial charge on any atom is 0.407 e. The first-order valence-electron chi connectivity index (χ1n) is 9.94. The quantitative estimate of drug-likeness (QED) is 0.543. The highest BCUT2D eigenvalue weighted by atomic mass is 32.1. The first kappa shape index (κ1) is 21.7. The van der Waals surface area contributed by atoms with E-state index in [1.54, 1.807) is 24.4 Å². The maximum absolute atomic E-state index is 14.6. The van der Waals surface area contributed by atoms with Crippen LogP contribution in [0.2, 0.25) is 0 Å². The molecule has 1 aliphatic rings. The molecule has 3 aromatic rings. The van der Waals surface area contributed by atoms with Gasteiger partial charge in [0, 0.05) is 31.5 Å². The molecule has 4 rings (SSSR count). The summed E-state index contributed by atoms with van der Waals surface area (Å²) in [5.74, 6) is -0.583. The Morgan fingerprint density at radius 1 is 1.19 bits per heavy atom. The number of halogens is 1. The van der Waals surface area contributed by atoms with Crippen molar-refractivity contribution in [3.63, 3.8) is 0 Å². The second-order valence-corrected chi connectivity index (χ2v) is 8.20. The summed E-state index contributed by atoms with van der Waals surface area (Å²) in [5.41, 5.74) is 0.722. The van der Waals surface area contributed by atoms with Crippen LogP contribution in [0.3, 0.4) is 0 Å². The van der Waals surface area contributed by atoms with E-state index >= 15 is 0 Å². The van der Waals surface area contributed by atoms with Gasteiger partial charge in [0.2, 0.25) is 17.5 Å². The fraction of sp³-hybridized carbons (Fsp3) is 0.273. The molecule has 2 aromatic heterocycles. The van der Waals surface area contributed by atoms with Gasteiger partial charge in [-0.2, -0.15) is 0 Å². The van der Waals surface area contributed by atoms with Gasteiger partial charge in [-0.3, -0.25) is 4.79 Å². The van der Waals surface area contributed by atoms with Gasteiger partial charge in [-0.05, 0) is 36.6 Å². The molecular weight excluding hydrogens is 437 g/mol. The molecule has 0 saturated carbocycles. The number of ketones is 1. The highest BCUT2D eigenvalue weighted by Crippen LogP contribution is 2.31. The van der Waals surface area contributed by atoms with Crippen LogP contribution in [0, 0.1) is 12.7 Å². The highest BCUT2D eigenvalue weighted by Gasteiger charge is 2.25. The van der Waals surface area contributed by atoms with E-state index in [2.05, 4.69) is 9.97 Å². The summed E-state index contributed by atoms with van der Waals surface area (Å²) in [6, 6.07) is 7.48. The molecule has 10 heteroatoms. The number of hydrogen-bond donors (Lipinski definition) is 1. The number of nitrogens with zero attached hydrogens (tertiary/aromatic N) is 3. The van der Waals surface area contributed by atoms with E-state index in [9.17, 15) is 14.0 Å². The summed E-state index contributed by atoms with van der Waals surface area (Å²) in [7, 11) is 0. The van der Waals surface area contributed by atoms with Crippen molar-refractivity contribution in [1.29, 1.82) is 0 Å². The van der Waals surface area contributed by atoms with Gasteiger partial charge in [0.25, 0.3) is 0 Å². The lowest BCUT2D eigenvalue weighted by Crippen LogP contribution is -2.41. The number of amides is 1. The molecule has 0 radical (unpaired) electrons. The van der Waals surface area contributed by atoms with Gasteiger partial charge in [0.15, 0.2) is 11.6 Å². The first-order chi connectivity index (χ1) is 15.4. The third-order valence-electron chi connectivity index (χ3n) is 5.13. The molecule has 1 aromatic carbocycles. The Morgan fingerprint density at radius 3 is 2.59 bits per heavy atom. The van der Waals surface area contributed by atoms with Crippen LogP contribution >= 0.6 is 11.3 Å². The van der Waals surface area contributed by atoms with Crippen molar-refractivity contribution in [3.8, 4) is 17.5 Å². The van der Waals surface area contributed by atoms with E-state index in [1.807, 2.05) is 0 Å². The fourth-order valence-electron chi connectivity index (χ4n) is 3.34. The monoisotopic (exact) mass is 457 g/mol. The molecule has 8 nitrogen and oxygen atoms in total. The lowest BCUT2D eigenvalue weighted by atomic mass is 10.1. The smallest absolute Gasteiger partial charge is 0.407 e. The lowest BCUT2D eigenvalue weighted by molar-refractivity contribution is 0.0863. The second kappa shape index (κ2) is 9.31. The van der Waals surface area contributed by atoms with Crippen molar-refractivity contribution in [2.24, 2.45) is 0 Å². The van der Waals surface area contributed by atoms with Gasteiger partial charge in [0.05, 0.1) is 10.4 Å². The van der Waals surface area contributed by atoms with Crippen molar-refractivity contribution in [2.75, 3.05) is 13.1 Å². The molecule has 1 aliphatic heterocycles. The minimum atomic E-state index is -0.942. The number of hydrogen-bond acceptors (Lipinski definition) is 7. The number of piperidine rings is 1.